The number of esters is 1. The lowest BCUT2D eigenvalue weighted by atomic mass is 9.86. The van der Waals surface area contributed by atoms with Gasteiger partial charge in [-0.2, -0.15) is 0 Å². The number of pyridine rings is 2. The Balaban J connectivity index is 1.74. The number of aryl methyl sites for hydroxylation is 2. The van der Waals surface area contributed by atoms with Gasteiger partial charge in [-0.3, -0.25) is 4.79 Å². The second kappa shape index (κ2) is 7.63. The molecule has 1 aromatic carbocycles. The standard InChI is InChI=1S/C26H26N2O5/c1-4-15-8-9-16(7-6-14(3)29)18-10-17-12-28-21(23(17)27-22(15)18)11-20-19(24(28)30)13-33-25(31)26(20,32)5-2/h8-11,32H,4-7,12-13H2,1-3H3/t26-/m0/s1. The van der Waals surface area contributed by atoms with Crippen LogP contribution in [0.5, 0.6) is 0 Å². The van der Waals surface area contributed by atoms with Crippen molar-refractivity contribution in [3.05, 3.63) is 62.4 Å². The van der Waals surface area contributed by atoms with E-state index in [2.05, 4.69) is 25.1 Å². The first-order valence-electron chi connectivity index (χ1n) is 11.4. The van der Waals surface area contributed by atoms with E-state index in [1.54, 1.807) is 24.5 Å². The normalized spacial score (nSPS) is 18.6. The predicted octanol–water partition coefficient (Wildman–Crippen LogP) is 3.16. The Morgan fingerprint density at radius 2 is 1.97 bits per heavy atom. The van der Waals surface area contributed by atoms with E-state index in [-0.39, 0.29) is 24.4 Å². The van der Waals surface area contributed by atoms with Gasteiger partial charge in [-0.25, -0.2) is 9.78 Å². The van der Waals surface area contributed by atoms with Crippen LogP contribution in [0.3, 0.4) is 0 Å². The summed E-state index contributed by atoms with van der Waals surface area (Å²) >= 11 is 0. The molecule has 0 unspecified atom stereocenters. The number of aliphatic hydroxyl groups is 1. The van der Waals surface area contributed by atoms with Crippen LogP contribution in [0, 0.1) is 0 Å². The van der Waals surface area contributed by atoms with Crippen LogP contribution in [0.25, 0.3) is 22.3 Å². The van der Waals surface area contributed by atoms with Crippen molar-refractivity contribution in [2.75, 3.05) is 0 Å². The number of fused-ring (bicyclic) bond motifs is 5. The van der Waals surface area contributed by atoms with E-state index in [0.29, 0.717) is 41.9 Å². The molecule has 0 amide bonds. The van der Waals surface area contributed by atoms with Gasteiger partial charge in [0.1, 0.15) is 12.4 Å². The Bertz CT molecular complexity index is 1400. The fourth-order valence-corrected chi connectivity index (χ4v) is 4.99. The number of ether oxygens (including phenoxy) is 1. The summed E-state index contributed by atoms with van der Waals surface area (Å²) in [4.78, 5) is 42.3. The van der Waals surface area contributed by atoms with E-state index in [1.807, 2.05) is 0 Å². The van der Waals surface area contributed by atoms with E-state index < -0.39 is 11.6 Å². The third-order valence-corrected chi connectivity index (χ3v) is 6.98. The van der Waals surface area contributed by atoms with E-state index >= 15 is 0 Å². The summed E-state index contributed by atoms with van der Waals surface area (Å²) in [5.41, 5.74) is 3.75. The van der Waals surface area contributed by atoms with Gasteiger partial charge in [0, 0.05) is 22.9 Å². The molecule has 0 aliphatic carbocycles. The minimum atomic E-state index is -1.84. The van der Waals surface area contributed by atoms with Gasteiger partial charge in [-0.05, 0) is 49.4 Å². The van der Waals surface area contributed by atoms with Crippen molar-refractivity contribution < 1.29 is 19.4 Å². The molecule has 0 bridgehead atoms. The highest BCUT2D eigenvalue weighted by molar-refractivity contribution is 5.90. The molecule has 4 heterocycles. The number of cyclic esters (lactones) is 1. The second-order valence-corrected chi connectivity index (χ2v) is 8.93. The van der Waals surface area contributed by atoms with Crippen molar-refractivity contribution in [3.63, 3.8) is 0 Å². The molecule has 2 aliphatic heterocycles. The number of carbonyl (C=O) groups excluding carboxylic acids is 2. The summed E-state index contributed by atoms with van der Waals surface area (Å²) < 4.78 is 6.78. The molecule has 2 aliphatic rings. The highest BCUT2D eigenvalue weighted by Crippen LogP contribution is 2.39. The van der Waals surface area contributed by atoms with Crippen molar-refractivity contribution in [1.29, 1.82) is 0 Å². The number of hydrogen-bond acceptors (Lipinski definition) is 6. The van der Waals surface area contributed by atoms with Crippen LogP contribution in [0.2, 0.25) is 0 Å². The van der Waals surface area contributed by atoms with Gasteiger partial charge in [0.15, 0.2) is 5.60 Å². The summed E-state index contributed by atoms with van der Waals surface area (Å²) in [6.45, 7) is 5.57. The molecule has 1 atom stereocenters. The van der Waals surface area contributed by atoms with Gasteiger partial charge in [-0.15, -0.1) is 0 Å². The topological polar surface area (TPSA) is 98.5 Å². The fraction of sp³-hybridized carbons (Fsp3) is 0.385. The van der Waals surface area contributed by atoms with E-state index in [4.69, 9.17) is 9.72 Å². The first-order valence-corrected chi connectivity index (χ1v) is 11.4. The van der Waals surface area contributed by atoms with Crippen LogP contribution in [0.15, 0.2) is 29.1 Å². The molecule has 0 saturated heterocycles. The van der Waals surface area contributed by atoms with Crippen LogP contribution >= 0.6 is 0 Å². The molecule has 0 saturated carbocycles. The van der Waals surface area contributed by atoms with Gasteiger partial charge < -0.3 is 19.2 Å². The molecule has 0 fully saturated rings. The number of Topliss-reactive ketones (excluding diaryl/α,β-unsaturated/α-hetero) is 1. The average Bonchev–Trinajstić information content (AvgIpc) is 3.17. The quantitative estimate of drug-likeness (QED) is 0.473. The van der Waals surface area contributed by atoms with Crippen LogP contribution in [-0.2, 0) is 45.9 Å². The summed E-state index contributed by atoms with van der Waals surface area (Å²) in [6.07, 6.45) is 2.01. The second-order valence-electron chi connectivity index (χ2n) is 8.93. The van der Waals surface area contributed by atoms with Crippen molar-refractivity contribution in [2.45, 2.75) is 65.2 Å². The lowest BCUT2D eigenvalue weighted by molar-refractivity contribution is -0.172. The third-order valence-electron chi connectivity index (χ3n) is 6.98. The number of carbonyl (C=O) groups is 2. The Kier molecular flexibility index (Phi) is 4.97. The first kappa shape index (κ1) is 21.5. The lowest BCUT2D eigenvalue weighted by Crippen LogP contribution is -2.44. The predicted molar refractivity (Wildman–Crippen MR) is 123 cm³/mol. The zero-order chi connectivity index (χ0) is 23.5. The summed E-state index contributed by atoms with van der Waals surface area (Å²) in [5.74, 6) is -0.587. The van der Waals surface area contributed by atoms with Gasteiger partial charge in [0.05, 0.1) is 29.0 Å². The van der Waals surface area contributed by atoms with E-state index in [1.165, 1.54) is 0 Å². The van der Waals surface area contributed by atoms with Gasteiger partial charge in [0.25, 0.3) is 5.56 Å². The Hall–Kier alpha value is -3.32. The highest BCUT2D eigenvalue weighted by Gasteiger charge is 2.45. The summed E-state index contributed by atoms with van der Waals surface area (Å²) in [5, 5.41) is 12.0. The minimum absolute atomic E-state index is 0.110. The average molecular weight is 447 g/mol. The Labute approximate surface area is 191 Å². The molecule has 1 N–H and O–H groups in total. The highest BCUT2D eigenvalue weighted by atomic mass is 16.6. The summed E-state index contributed by atoms with van der Waals surface area (Å²) in [6, 6.07) is 7.93. The molecule has 5 rings (SSSR count). The van der Waals surface area contributed by atoms with E-state index in [0.717, 1.165) is 34.0 Å². The molecule has 3 aromatic rings. The molecule has 33 heavy (non-hydrogen) atoms. The maximum absolute atomic E-state index is 13.3. The zero-order valence-electron chi connectivity index (χ0n) is 19.0. The molecular weight excluding hydrogens is 420 g/mol. The monoisotopic (exact) mass is 446 g/mol. The summed E-state index contributed by atoms with van der Waals surface area (Å²) in [7, 11) is 0. The number of benzene rings is 1. The minimum Gasteiger partial charge on any atom is -0.458 e. The number of rotatable bonds is 5. The van der Waals surface area contributed by atoms with Crippen molar-refractivity contribution in [1.82, 2.24) is 9.55 Å². The zero-order valence-corrected chi connectivity index (χ0v) is 19.0. The van der Waals surface area contributed by atoms with Crippen LogP contribution in [0.1, 0.15) is 61.4 Å². The van der Waals surface area contributed by atoms with Gasteiger partial charge in [-0.1, -0.05) is 26.0 Å². The number of ketones is 1. The SMILES string of the molecule is CCc1ccc(CCC(C)=O)c2cc3c(nc12)-c1cc2c(c(=O)n1C3)COC(=O)[C@]2(O)CC. The molecule has 7 heteroatoms. The number of hydrogen-bond donors (Lipinski definition) is 1. The van der Waals surface area contributed by atoms with Gasteiger partial charge >= 0.3 is 5.97 Å². The maximum Gasteiger partial charge on any atom is 0.343 e. The van der Waals surface area contributed by atoms with Crippen LogP contribution in [0.4, 0.5) is 0 Å². The fourth-order valence-electron chi connectivity index (χ4n) is 4.99. The first-order chi connectivity index (χ1) is 15.8. The van der Waals surface area contributed by atoms with Crippen molar-refractivity contribution in [3.8, 4) is 11.4 Å². The molecule has 0 spiro atoms. The molecule has 0 radical (unpaired) electrons. The van der Waals surface area contributed by atoms with Gasteiger partial charge in [0.2, 0.25) is 0 Å². The largest absolute Gasteiger partial charge is 0.458 e. The number of aromatic nitrogens is 2. The van der Waals surface area contributed by atoms with Crippen LogP contribution in [-0.4, -0.2) is 26.4 Å². The third kappa shape index (κ3) is 3.14. The van der Waals surface area contributed by atoms with E-state index in [9.17, 15) is 19.5 Å². The number of nitrogens with zero attached hydrogens (tertiary/aromatic N) is 2. The maximum atomic E-state index is 13.3. The van der Waals surface area contributed by atoms with Crippen molar-refractivity contribution >= 4 is 22.7 Å². The molecule has 170 valence electrons. The Morgan fingerprint density at radius 3 is 2.67 bits per heavy atom. The van der Waals surface area contributed by atoms with Crippen LogP contribution < -0.4 is 5.56 Å². The Morgan fingerprint density at radius 1 is 1.21 bits per heavy atom. The molecular formula is C26H26N2O5. The molecule has 7 nitrogen and oxygen atoms in total. The lowest BCUT2D eigenvalue weighted by Gasteiger charge is -2.31. The smallest absolute Gasteiger partial charge is 0.343 e. The molecule has 2 aromatic heterocycles. The van der Waals surface area contributed by atoms with Crippen molar-refractivity contribution in [2.24, 2.45) is 0 Å².